The molecule has 0 saturated carbocycles. The maximum atomic E-state index is 12.3. The Bertz CT molecular complexity index is 587. The van der Waals surface area contributed by atoms with Crippen LogP contribution >= 0.6 is 11.3 Å². The summed E-state index contributed by atoms with van der Waals surface area (Å²) in [7, 11) is 0. The van der Waals surface area contributed by atoms with Crippen LogP contribution in [0, 0.1) is 0 Å². The maximum Gasteiger partial charge on any atom is 0.289 e. The lowest BCUT2D eigenvalue weighted by Crippen LogP contribution is -2.45. The smallest absolute Gasteiger partial charge is 0.289 e. The van der Waals surface area contributed by atoms with E-state index in [0.717, 1.165) is 32.4 Å². The third-order valence-corrected chi connectivity index (χ3v) is 5.18. The molecule has 1 saturated heterocycles. The Morgan fingerprint density at radius 1 is 1.43 bits per heavy atom. The molecule has 1 amide bonds. The van der Waals surface area contributed by atoms with Crippen molar-refractivity contribution in [3.8, 4) is 0 Å². The summed E-state index contributed by atoms with van der Waals surface area (Å²) in [5.41, 5.74) is 1.39. The van der Waals surface area contributed by atoms with E-state index in [4.69, 9.17) is 4.42 Å². The Balaban J connectivity index is 1.53. The van der Waals surface area contributed by atoms with Gasteiger partial charge in [0, 0.05) is 25.2 Å². The van der Waals surface area contributed by atoms with E-state index in [0.29, 0.717) is 17.8 Å². The minimum absolute atomic E-state index is 0.0105. The van der Waals surface area contributed by atoms with Crippen LogP contribution in [0.2, 0.25) is 0 Å². The van der Waals surface area contributed by atoms with Crippen molar-refractivity contribution in [3.05, 3.63) is 46.5 Å². The molecule has 0 spiro atoms. The lowest BCUT2D eigenvalue weighted by Gasteiger charge is -2.34. The predicted octanol–water partition coefficient (Wildman–Crippen LogP) is 4.08. The molecule has 0 unspecified atom stereocenters. The summed E-state index contributed by atoms with van der Waals surface area (Å²) in [4.78, 5) is 14.2. The number of nitrogens with one attached hydrogen (secondary N) is 1. The van der Waals surface area contributed by atoms with Crippen LogP contribution < -0.4 is 5.32 Å². The van der Waals surface area contributed by atoms with Crippen molar-refractivity contribution in [1.29, 1.82) is 0 Å². The first-order valence-electron chi connectivity index (χ1n) is 8.39. The van der Waals surface area contributed by atoms with Gasteiger partial charge in [-0.25, -0.2) is 0 Å². The molecule has 0 bridgehead atoms. The molecule has 3 heterocycles. The van der Waals surface area contributed by atoms with E-state index in [2.05, 4.69) is 29.1 Å². The standard InChI is InChI=1S/C18H24N2O2S/c1-2-4-16(14-8-12-23-13-14)19-15-6-9-20(10-7-15)18(21)17-5-3-11-22-17/h3,5,8,11-13,15-16,19H,2,4,6-7,9-10H2,1H3/t16-/m0/s1. The Labute approximate surface area is 141 Å². The van der Waals surface area contributed by atoms with E-state index < -0.39 is 0 Å². The van der Waals surface area contributed by atoms with Crippen molar-refractivity contribution < 1.29 is 9.21 Å². The van der Waals surface area contributed by atoms with Gasteiger partial charge in [0.05, 0.1) is 6.26 Å². The summed E-state index contributed by atoms with van der Waals surface area (Å²) < 4.78 is 5.22. The second-order valence-corrected chi connectivity index (χ2v) is 6.89. The zero-order valence-electron chi connectivity index (χ0n) is 13.5. The van der Waals surface area contributed by atoms with Crippen molar-refractivity contribution in [2.75, 3.05) is 13.1 Å². The van der Waals surface area contributed by atoms with Crippen LogP contribution in [0.5, 0.6) is 0 Å². The highest BCUT2D eigenvalue weighted by Gasteiger charge is 2.26. The molecule has 0 aromatic carbocycles. The average Bonchev–Trinajstić information content (AvgIpc) is 3.28. The fraction of sp³-hybridized carbons (Fsp3) is 0.500. The van der Waals surface area contributed by atoms with Crippen LogP contribution in [-0.2, 0) is 0 Å². The van der Waals surface area contributed by atoms with Crippen LogP contribution in [0.1, 0.15) is 54.8 Å². The first kappa shape index (κ1) is 16.3. The lowest BCUT2D eigenvalue weighted by molar-refractivity contribution is 0.0669. The van der Waals surface area contributed by atoms with Gasteiger partial charge in [0.1, 0.15) is 0 Å². The molecule has 1 atom stereocenters. The molecule has 1 fully saturated rings. The minimum Gasteiger partial charge on any atom is -0.459 e. The number of hydrogen-bond acceptors (Lipinski definition) is 4. The highest BCUT2D eigenvalue weighted by Crippen LogP contribution is 2.24. The van der Waals surface area contributed by atoms with Crippen molar-refractivity contribution in [1.82, 2.24) is 10.2 Å². The van der Waals surface area contributed by atoms with Crippen molar-refractivity contribution in [2.24, 2.45) is 0 Å². The second kappa shape index (κ2) is 7.79. The highest BCUT2D eigenvalue weighted by atomic mass is 32.1. The number of hydrogen-bond donors (Lipinski definition) is 1. The van der Waals surface area contributed by atoms with Crippen LogP contribution in [0.25, 0.3) is 0 Å². The molecule has 124 valence electrons. The molecule has 5 heteroatoms. The SMILES string of the molecule is CCC[C@H](NC1CCN(C(=O)c2ccco2)CC1)c1ccsc1. The first-order valence-corrected chi connectivity index (χ1v) is 9.33. The number of amides is 1. The van der Waals surface area contributed by atoms with Gasteiger partial charge >= 0.3 is 0 Å². The van der Waals surface area contributed by atoms with Gasteiger partial charge in [0.25, 0.3) is 5.91 Å². The van der Waals surface area contributed by atoms with Crippen molar-refractivity contribution >= 4 is 17.2 Å². The van der Waals surface area contributed by atoms with Crippen LogP contribution in [0.4, 0.5) is 0 Å². The largest absolute Gasteiger partial charge is 0.459 e. The topological polar surface area (TPSA) is 45.5 Å². The summed E-state index contributed by atoms with van der Waals surface area (Å²) >= 11 is 1.76. The van der Waals surface area contributed by atoms with E-state index in [9.17, 15) is 4.79 Å². The molecule has 3 rings (SSSR count). The normalized spacial score (nSPS) is 17.3. The average molecular weight is 332 g/mol. The van der Waals surface area contributed by atoms with E-state index in [1.807, 2.05) is 4.90 Å². The first-order chi connectivity index (χ1) is 11.3. The lowest BCUT2D eigenvalue weighted by atomic mass is 9.99. The molecule has 1 aliphatic heterocycles. The number of carbonyl (C=O) groups is 1. The minimum atomic E-state index is 0.0105. The second-order valence-electron chi connectivity index (χ2n) is 6.11. The Hall–Kier alpha value is -1.59. The number of furan rings is 1. The monoisotopic (exact) mass is 332 g/mol. The summed E-state index contributed by atoms with van der Waals surface area (Å²) in [5.74, 6) is 0.454. The highest BCUT2D eigenvalue weighted by molar-refractivity contribution is 7.07. The van der Waals surface area contributed by atoms with Crippen LogP contribution in [-0.4, -0.2) is 29.9 Å². The van der Waals surface area contributed by atoms with Gasteiger partial charge in [0.15, 0.2) is 5.76 Å². The van der Waals surface area contributed by atoms with E-state index in [1.165, 1.54) is 12.0 Å². The summed E-state index contributed by atoms with van der Waals surface area (Å²) in [5, 5.41) is 8.18. The third kappa shape index (κ3) is 4.03. The maximum absolute atomic E-state index is 12.3. The molecule has 2 aromatic heterocycles. The zero-order chi connectivity index (χ0) is 16.1. The number of nitrogens with zero attached hydrogens (tertiary/aromatic N) is 1. The molecular formula is C18H24N2O2S. The molecule has 1 N–H and O–H groups in total. The van der Waals surface area contributed by atoms with Gasteiger partial charge < -0.3 is 14.6 Å². The van der Waals surface area contributed by atoms with Crippen molar-refractivity contribution in [3.63, 3.8) is 0 Å². The van der Waals surface area contributed by atoms with Gasteiger partial charge in [-0.05, 0) is 53.8 Å². The fourth-order valence-electron chi connectivity index (χ4n) is 3.20. The number of likely N-dealkylation sites (tertiary alicyclic amines) is 1. The van der Waals surface area contributed by atoms with Crippen LogP contribution in [0.3, 0.4) is 0 Å². The van der Waals surface area contributed by atoms with E-state index in [1.54, 1.807) is 29.7 Å². The Kier molecular flexibility index (Phi) is 5.51. The predicted molar refractivity (Wildman–Crippen MR) is 92.7 cm³/mol. The zero-order valence-corrected chi connectivity index (χ0v) is 14.3. The van der Waals surface area contributed by atoms with Gasteiger partial charge in [-0.3, -0.25) is 4.79 Å². The van der Waals surface area contributed by atoms with Gasteiger partial charge in [-0.2, -0.15) is 11.3 Å². The number of thiophene rings is 1. The summed E-state index contributed by atoms with van der Waals surface area (Å²) in [6.45, 7) is 3.81. The van der Waals surface area contributed by atoms with Gasteiger partial charge in [-0.15, -0.1) is 0 Å². The van der Waals surface area contributed by atoms with Crippen LogP contribution in [0.15, 0.2) is 39.6 Å². The third-order valence-electron chi connectivity index (χ3n) is 4.47. The molecule has 0 radical (unpaired) electrons. The number of carbonyl (C=O) groups excluding carboxylic acids is 1. The Morgan fingerprint density at radius 2 is 2.26 bits per heavy atom. The quantitative estimate of drug-likeness (QED) is 0.867. The van der Waals surface area contributed by atoms with E-state index >= 15 is 0 Å². The Morgan fingerprint density at radius 3 is 2.87 bits per heavy atom. The molecule has 1 aliphatic rings. The number of rotatable bonds is 6. The molecule has 0 aliphatic carbocycles. The molecule has 2 aromatic rings. The summed E-state index contributed by atoms with van der Waals surface area (Å²) in [6.07, 6.45) is 5.87. The van der Waals surface area contributed by atoms with Gasteiger partial charge in [-0.1, -0.05) is 13.3 Å². The van der Waals surface area contributed by atoms with E-state index in [-0.39, 0.29) is 5.91 Å². The fourth-order valence-corrected chi connectivity index (χ4v) is 3.91. The molecule has 23 heavy (non-hydrogen) atoms. The van der Waals surface area contributed by atoms with Gasteiger partial charge in [0.2, 0.25) is 0 Å². The summed E-state index contributed by atoms with van der Waals surface area (Å²) in [6, 6.07) is 6.63. The van der Waals surface area contributed by atoms with Crippen molar-refractivity contribution in [2.45, 2.75) is 44.7 Å². The molecular weight excluding hydrogens is 308 g/mol. The molecule has 4 nitrogen and oxygen atoms in total. The number of piperidine rings is 1.